The fraction of sp³-hybridized carbons (Fsp3) is 0.273. The van der Waals surface area contributed by atoms with Crippen LogP contribution < -0.4 is 10.5 Å². The zero-order valence-electron chi connectivity index (χ0n) is 15.1. The van der Waals surface area contributed by atoms with Gasteiger partial charge in [0.25, 0.3) is 5.56 Å². The number of halogens is 1. The Morgan fingerprint density at radius 3 is 2.37 bits per heavy atom. The summed E-state index contributed by atoms with van der Waals surface area (Å²) < 4.78 is 16.0. The summed E-state index contributed by atoms with van der Waals surface area (Å²) in [5.41, 5.74) is 2.51. The largest absolute Gasteiger partial charge is 0.370 e. The summed E-state index contributed by atoms with van der Waals surface area (Å²) in [5.74, 6) is -0.326. The second-order valence-corrected chi connectivity index (χ2v) is 6.89. The molecule has 0 atom stereocenters. The maximum atomic E-state index is 14.5. The third-order valence-corrected chi connectivity index (χ3v) is 4.98. The van der Waals surface area contributed by atoms with Gasteiger partial charge in [0.05, 0.1) is 12.2 Å². The summed E-state index contributed by atoms with van der Waals surface area (Å²) in [6, 6.07) is 17.9. The SMILES string of the molecule is O=c1cc(N2CCCCC2)c(-c2ccccc2F)nn1Cc1ccccc1. The van der Waals surface area contributed by atoms with Gasteiger partial charge in [-0.25, -0.2) is 9.07 Å². The van der Waals surface area contributed by atoms with Gasteiger partial charge in [-0.1, -0.05) is 42.5 Å². The Balaban J connectivity index is 1.83. The Kier molecular flexibility index (Phi) is 5.01. The maximum absolute atomic E-state index is 14.5. The molecule has 0 unspecified atom stereocenters. The number of hydrogen-bond donors (Lipinski definition) is 0. The highest BCUT2D eigenvalue weighted by atomic mass is 19.1. The van der Waals surface area contributed by atoms with Gasteiger partial charge in [-0.3, -0.25) is 4.79 Å². The molecule has 0 amide bonds. The van der Waals surface area contributed by atoms with Gasteiger partial charge in [0.1, 0.15) is 11.5 Å². The monoisotopic (exact) mass is 363 g/mol. The van der Waals surface area contributed by atoms with Crippen molar-refractivity contribution >= 4 is 5.69 Å². The zero-order valence-corrected chi connectivity index (χ0v) is 15.1. The highest BCUT2D eigenvalue weighted by Crippen LogP contribution is 2.31. The van der Waals surface area contributed by atoms with Crippen molar-refractivity contribution in [3.63, 3.8) is 0 Å². The predicted molar refractivity (Wildman–Crippen MR) is 105 cm³/mol. The Bertz CT molecular complexity index is 978. The lowest BCUT2D eigenvalue weighted by molar-refractivity contribution is 0.571. The molecule has 0 N–H and O–H groups in total. The van der Waals surface area contributed by atoms with Crippen LogP contribution in [0.4, 0.5) is 10.1 Å². The molecule has 3 aromatic rings. The fourth-order valence-electron chi connectivity index (χ4n) is 3.57. The van der Waals surface area contributed by atoms with E-state index in [0.717, 1.165) is 37.2 Å². The summed E-state index contributed by atoms with van der Waals surface area (Å²) in [5, 5.41) is 4.60. The average molecular weight is 363 g/mol. The van der Waals surface area contributed by atoms with Crippen LogP contribution in [0, 0.1) is 5.82 Å². The third-order valence-electron chi connectivity index (χ3n) is 4.98. The zero-order chi connectivity index (χ0) is 18.6. The third kappa shape index (κ3) is 3.77. The molecule has 0 saturated carbocycles. The second-order valence-electron chi connectivity index (χ2n) is 6.89. The van der Waals surface area contributed by atoms with Gasteiger partial charge in [0, 0.05) is 24.7 Å². The van der Waals surface area contributed by atoms with Gasteiger partial charge >= 0.3 is 0 Å². The van der Waals surface area contributed by atoms with Crippen LogP contribution in [-0.4, -0.2) is 22.9 Å². The molecule has 1 aliphatic heterocycles. The average Bonchev–Trinajstić information content (AvgIpc) is 2.71. The van der Waals surface area contributed by atoms with Crippen LogP contribution >= 0.6 is 0 Å². The van der Waals surface area contributed by atoms with E-state index in [1.807, 2.05) is 30.3 Å². The summed E-state index contributed by atoms with van der Waals surface area (Å²) in [4.78, 5) is 14.9. The topological polar surface area (TPSA) is 38.1 Å². The van der Waals surface area contributed by atoms with Gasteiger partial charge in [0.15, 0.2) is 0 Å². The van der Waals surface area contributed by atoms with Crippen molar-refractivity contribution in [2.75, 3.05) is 18.0 Å². The normalized spacial score (nSPS) is 14.3. The summed E-state index contributed by atoms with van der Waals surface area (Å²) in [6.45, 7) is 2.10. The molecule has 27 heavy (non-hydrogen) atoms. The molecule has 0 spiro atoms. The van der Waals surface area contributed by atoms with Crippen LogP contribution in [0.3, 0.4) is 0 Å². The number of benzene rings is 2. The van der Waals surface area contributed by atoms with Gasteiger partial charge in [-0.05, 0) is 37.0 Å². The lowest BCUT2D eigenvalue weighted by Crippen LogP contribution is -2.33. The molecule has 2 aromatic carbocycles. The van der Waals surface area contributed by atoms with Crippen molar-refractivity contribution < 1.29 is 4.39 Å². The van der Waals surface area contributed by atoms with Crippen LogP contribution in [0.1, 0.15) is 24.8 Å². The lowest BCUT2D eigenvalue weighted by Gasteiger charge is -2.30. The summed E-state index contributed by atoms with van der Waals surface area (Å²) in [7, 11) is 0. The summed E-state index contributed by atoms with van der Waals surface area (Å²) >= 11 is 0. The van der Waals surface area contributed by atoms with Crippen molar-refractivity contribution in [2.24, 2.45) is 0 Å². The molecule has 5 heteroatoms. The number of anilines is 1. The van der Waals surface area contributed by atoms with Crippen molar-refractivity contribution in [1.29, 1.82) is 0 Å². The van der Waals surface area contributed by atoms with E-state index in [2.05, 4.69) is 10.00 Å². The lowest BCUT2D eigenvalue weighted by atomic mass is 10.1. The van der Waals surface area contributed by atoms with Crippen LogP contribution in [0.15, 0.2) is 65.5 Å². The van der Waals surface area contributed by atoms with E-state index in [1.165, 1.54) is 17.2 Å². The molecule has 2 heterocycles. The van der Waals surface area contributed by atoms with Crippen molar-refractivity contribution in [2.45, 2.75) is 25.8 Å². The first-order valence-corrected chi connectivity index (χ1v) is 9.38. The molecule has 4 rings (SSSR count). The Morgan fingerprint density at radius 2 is 1.63 bits per heavy atom. The molecule has 4 nitrogen and oxygen atoms in total. The molecule has 0 aliphatic carbocycles. The van der Waals surface area contributed by atoms with Crippen LogP contribution in [-0.2, 0) is 6.54 Å². The summed E-state index contributed by atoms with van der Waals surface area (Å²) in [6.07, 6.45) is 3.33. The minimum absolute atomic E-state index is 0.167. The predicted octanol–water partition coefficient (Wildman–Crippen LogP) is 4.09. The molecule has 1 saturated heterocycles. The first-order chi connectivity index (χ1) is 13.2. The van der Waals surface area contributed by atoms with Crippen LogP contribution in [0.5, 0.6) is 0 Å². The Morgan fingerprint density at radius 1 is 0.926 bits per heavy atom. The highest BCUT2D eigenvalue weighted by Gasteiger charge is 2.20. The van der Waals surface area contributed by atoms with E-state index in [1.54, 1.807) is 24.3 Å². The second kappa shape index (κ2) is 7.74. The molecule has 138 valence electrons. The number of nitrogens with zero attached hydrogens (tertiary/aromatic N) is 3. The standard InChI is InChI=1S/C22H22FN3O/c23-19-12-6-5-11-18(19)22-20(25-13-7-2-8-14-25)15-21(27)26(24-22)16-17-9-3-1-4-10-17/h1,3-6,9-12,15H,2,7-8,13-14,16H2. The van der Waals surface area contributed by atoms with Crippen LogP contribution in [0.2, 0.25) is 0 Å². The van der Waals surface area contributed by atoms with E-state index in [0.29, 0.717) is 17.8 Å². The van der Waals surface area contributed by atoms with Crippen LogP contribution in [0.25, 0.3) is 11.3 Å². The quantitative estimate of drug-likeness (QED) is 0.701. The molecule has 0 bridgehead atoms. The first-order valence-electron chi connectivity index (χ1n) is 9.38. The smallest absolute Gasteiger partial charge is 0.269 e. The number of rotatable bonds is 4. The Labute approximate surface area is 157 Å². The molecule has 0 radical (unpaired) electrons. The van der Waals surface area contributed by atoms with Gasteiger partial charge in [0.2, 0.25) is 0 Å². The van der Waals surface area contributed by atoms with Gasteiger partial charge in [-0.2, -0.15) is 5.10 Å². The van der Waals surface area contributed by atoms with E-state index in [9.17, 15) is 9.18 Å². The molecule has 1 fully saturated rings. The van der Waals surface area contributed by atoms with E-state index >= 15 is 0 Å². The van der Waals surface area contributed by atoms with Gasteiger partial charge < -0.3 is 4.90 Å². The number of hydrogen-bond acceptors (Lipinski definition) is 3. The van der Waals surface area contributed by atoms with E-state index in [-0.39, 0.29) is 11.4 Å². The molecular weight excluding hydrogens is 341 g/mol. The maximum Gasteiger partial charge on any atom is 0.269 e. The first kappa shape index (κ1) is 17.5. The van der Waals surface area contributed by atoms with E-state index in [4.69, 9.17) is 0 Å². The van der Waals surface area contributed by atoms with Gasteiger partial charge in [-0.15, -0.1) is 0 Å². The number of piperidine rings is 1. The highest BCUT2D eigenvalue weighted by molar-refractivity contribution is 5.75. The van der Waals surface area contributed by atoms with E-state index < -0.39 is 0 Å². The van der Waals surface area contributed by atoms with Crippen molar-refractivity contribution in [1.82, 2.24) is 9.78 Å². The molecule has 1 aliphatic rings. The minimum atomic E-state index is -0.326. The van der Waals surface area contributed by atoms with Crippen molar-refractivity contribution in [3.05, 3.63) is 82.4 Å². The minimum Gasteiger partial charge on any atom is -0.370 e. The Hall–Kier alpha value is -2.95. The molecule has 1 aromatic heterocycles. The fourth-order valence-corrected chi connectivity index (χ4v) is 3.57. The number of aromatic nitrogens is 2. The molecular formula is C22H22FN3O. The van der Waals surface area contributed by atoms with Crippen molar-refractivity contribution in [3.8, 4) is 11.3 Å².